The van der Waals surface area contributed by atoms with Crippen molar-refractivity contribution in [3.05, 3.63) is 66.0 Å². The first-order chi connectivity index (χ1) is 17.6. The van der Waals surface area contributed by atoms with E-state index in [2.05, 4.69) is 15.4 Å². The minimum Gasteiger partial charge on any atom is -0.374 e. The maximum absolute atomic E-state index is 14.0. The van der Waals surface area contributed by atoms with Crippen LogP contribution in [-0.4, -0.2) is 76.1 Å². The van der Waals surface area contributed by atoms with Crippen LogP contribution in [0, 0.1) is 0 Å². The van der Waals surface area contributed by atoms with Gasteiger partial charge in [0, 0.05) is 26.2 Å². The van der Waals surface area contributed by atoms with Crippen LogP contribution in [0.1, 0.15) is 38.4 Å². The molecule has 0 radical (unpaired) electrons. The van der Waals surface area contributed by atoms with Gasteiger partial charge in [0.25, 0.3) is 5.91 Å². The summed E-state index contributed by atoms with van der Waals surface area (Å²) in [5.41, 5.74) is 5.78. The minimum absolute atomic E-state index is 0.0514. The van der Waals surface area contributed by atoms with Crippen LogP contribution in [0.4, 0.5) is 0 Å². The predicted octanol–water partition coefficient (Wildman–Crippen LogP) is 1.21. The second-order valence-corrected chi connectivity index (χ2v) is 10.1. The van der Waals surface area contributed by atoms with E-state index in [4.69, 9.17) is 10.5 Å². The van der Waals surface area contributed by atoms with Crippen molar-refractivity contribution >= 4 is 23.4 Å². The fraction of sp³-hybridized carbons (Fsp3) is 0.444. The van der Waals surface area contributed by atoms with E-state index in [1.165, 1.54) is 5.01 Å². The molecule has 3 amide bonds. The number of aromatic nitrogens is 1. The van der Waals surface area contributed by atoms with Crippen molar-refractivity contribution in [1.29, 1.82) is 0 Å². The lowest BCUT2D eigenvalue weighted by Gasteiger charge is -2.46. The third-order valence-electron chi connectivity index (χ3n) is 6.98. The predicted molar refractivity (Wildman–Crippen MR) is 138 cm³/mol. The lowest BCUT2D eigenvalue weighted by Crippen LogP contribution is -2.66. The number of nitrogens with zero attached hydrogens (tertiary/aromatic N) is 4. The second-order valence-electron chi connectivity index (χ2n) is 10.1. The molecule has 0 aliphatic carbocycles. The van der Waals surface area contributed by atoms with E-state index in [9.17, 15) is 14.4 Å². The smallest absolute Gasteiger partial charge is 0.262 e. The van der Waals surface area contributed by atoms with Crippen molar-refractivity contribution in [3.8, 4) is 0 Å². The molecule has 1 aromatic carbocycles. The number of piperidine rings is 1. The molecule has 2 aliphatic heterocycles. The summed E-state index contributed by atoms with van der Waals surface area (Å²) in [4.78, 5) is 46.5. The van der Waals surface area contributed by atoms with E-state index in [0.717, 1.165) is 5.56 Å². The van der Waals surface area contributed by atoms with Crippen molar-refractivity contribution in [1.82, 2.24) is 20.2 Å². The average molecular weight is 507 g/mol. The van der Waals surface area contributed by atoms with Crippen LogP contribution in [0.5, 0.6) is 0 Å². The maximum Gasteiger partial charge on any atom is 0.262 e. The molecule has 4 rings (SSSR count). The van der Waals surface area contributed by atoms with Gasteiger partial charge in [0.15, 0.2) is 5.41 Å². The summed E-state index contributed by atoms with van der Waals surface area (Å²) >= 11 is 0. The number of hydrogen-bond donors (Lipinski definition) is 2. The number of hydrogen-bond acceptors (Lipinski definition) is 7. The van der Waals surface area contributed by atoms with Gasteiger partial charge in [0.1, 0.15) is 6.04 Å². The number of pyridine rings is 1. The van der Waals surface area contributed by atoms with Gasteiger partial charge < -0.3 is 20.7 Å². The molecule has 3 heterocycles. The van der Waals surface area contributed by atoms with Gasteiger partial charge in [-0.15, -0.1) is 0 Å². The SMILES string of the molecule is C[C@H]1N(C(=O)[C@@H](COCc2ccccc2)NC(=O)C(C)(C)N)CCC2=NN(C)C(=O)[C@@]21c1ccccn1. The number of fused-ring (bicyclic) bond motifs is 1. The average Bonchev–Trinajstić information content (AvgIpc) is 3.14. The van der Waals surface area contributed by atoms with Gasteiger partial charge in [-0.25, -0.2) is 5.01 Å². The van der Waals surface area contributed by atoms with Crippen LogP contribution >= 0.6 is 0 Å². The fourth-order valence-electron chi connectivity index (χ4n) is 4.96. The van der Waals surface area contributed by atoms with Crippen LogP contribution in [-0.2, 0) is 31.1 Å². The molecule has 1 fully saturated rings. The number of carbonyl (C=O) groups excluding carboxylic acids is 3. The molecule has 0 unspecified atom stereocenters. The summed E-state index contributed by atoms with van der Waals surface area (Å²) in [6.07, 6.45) is 2.03. The number of rotatable bonds is 8. The van der Waals surface area contributed by atoms with Gasteiger partial charge in [0.05, 0.1) is 36.2 Å². The molecule has 10 heteroatoms. The third-order valence-corrected chi connectivity index (χ3v) is 6.98. The van der Waals surface area contributed by atoms with Gasteiger partial charge in [-0.3, -0.25) is 19.4 Å². The summed E-state index contributed by atoms with van der Waals surface area (Å²) in [5.74, 6) is -1.07. The second kappa shape index (κ2) is 10.4. The molecule has 2 aromatic rings. The highest BCUT2D eigenvalue weighted by atomic mass is 16.5. The molecule has 196 valence electrons. The molecule has 0 spiro atoms. The Hall–Kier alpha value is -3.63. The fourth-order valence-corrected chi connectivity index (χ4v) is 4.96. The Bertz CT molecular complexity index is 1180. The number of nitrogens with two attached hydrogens (primary N) is 1. The maximum atomic E-state index is 14.0. The third kappa shape index (κ3) is 4.99. The van der Waals surface area contributed by atoms with E-state index in [0.29, 0.717) is 24.4 Å². The topological polar surface area (TPSA) is 130 Å². The zero-order valence-electron chi connectivity index (χ0n) is 21.7. The van der Waals surface area contributed by atoms with Crippen molar-refractivity contribution in [3.63, 3.8) is 0 Å². The van der Waals surface area contributed by atoms with Crippen LogP contribution in [0.3, 0.4) is 0 Å². The first kappa shape index (κ1) is 26.4. The highest BCUT2D eigenvalue weighted by Gasteiger charge is 2.60. The number of benzene rings is 1. The van der Waals surface area contributed by atoms with Crippen LogP contribution in [0.15, 0.2) is 59.8 Å². The van der Waals surface area contributed by atoms with Crippen LogP contribution in [0.25, 0.3) is 0 Å². The number of amides is 3. The minimum atomic E-state index is -1.20. The molecule has 0 saturated carbocycles. The van der Waals surface area contributed by atoms with Gasteiger partial charge in [-0.05, 0) is 38.5 Å². The quantitative estimate of drug-likeness (QED) is 0.554. The first-order valence-electron chi connectivity index (χ1n) is 12.4. The van der Waals surface area contributed by atoms with Crippen molar-refractivity contribution in [2.75, 3.05) is 20.2 Å². The Labute approximate surface area is 216 Å². The molecule has 10 nitrogen and oxygen atoms in total. The Balaban J connectivity index is 1.62. The Morgan fingerprint density at radius 1 is 1.22 bits per heavy atom. The summed E-state index contributed by atoms with van der Waals surface area (Å²) in [6.45, 7) is 5.54. The van der Waals surface area contributed by atoms with Gasteiger partial charge in [-0.2, -0.15) is 5.10 Å². The zero-order chi connectivity index (χ0) is 26.8. The number of ether oxygens (including phenoxy) is 1. The molecule has 1 aromatic heterocycles. The standard InChI is InChI=1S/C27H34N6O4/c1-18-27(21-12-8-9-14-29-21)22(31-32(4)25(27)36)13-15-33(18)23(34)20(30-24(35)26(2,3)28)17-37-16-19-10-6-5-7-11-19/h5-12,14,18,20H,13,15-17,28H2,1-4H3,(H,30,35)/t18-,20-,27+/m1/s1. The molecular formula is C27H34N6O4. The van der Waals surface area contributed by atoms with E-state index in [-0.39, 0.29) is 25.0 Å². The van der Waals surface area contributed by atoms with Crippen molar-refractivity contribution in [2.45, 2.75) is 56.8 Å². The highest BCUT2D eigenvalue weighted by Crippen LogP contribution is 2.42. The zero-order valence-corrected chi connectivity index (χ0v) is 21.7. The highest BCUT2D eigenvalue weighted by molar-refractivity contribution is 6.18. The number of likely N-dealkylation sites (tertiary alicyclic amines) is 1. The summed E-state index contributed by atoms with van der Waals surface area (Å²) in [5, 5.41) is 8.60. The molecule has 2 aliphatic rings. The number of likely N-dealkylation sites (N-methyl/N-ethyl adjacent to an activating group) is 1. The molecule has 3 N–H and O–H groups in total. The van der Waals surface area contributed by atoms with Crippen molar-refractivity contribution in [2.24, 2.45) is 10.8 Å². The van der Waals surface area contributed by atoms with E-state index in [1.807, 2.05) is 43.3 Å². The Kier molecular flexibility index (Phi) is 7.42. The Morgan fingerprint density at radius 3 is 2.57 bits per heavy atom. The summed E-state index contributed by atoms with van der Waals surface area (Å²) < 4.78 is 5.86. The summed E-state index contributed by atoms with van der Waals surface area (Å²) in [7, 11) is 1.61. The number of hydrazone groups is 1. The van der Waals surface area contributed by atoms with Gasteiger partial charge >= 0.3 is 0 Å². The molecule has 37 heavy (non-hydrogen) atoms. The molecule has 0 bridgehead atoms. The molecular weight excluding hydrogens is 472 g/mol. The monoisotopic (exact) mass is 506 g/mol. The van der Waals surface area contributed by atoms with Crippen LogP contribution < -0.4 is 11.1 Å². The van der Waals surface area contributed by atoms with Crippen molar-refractivity contribution < 1.29 is 19.1 Å². The Morgan fingerprint density at radius 2 is 1.92 bits per heavy atom. The lowest BCUT2D eigenvalue weighted by atomic mass is 9.69. The van der Waals surface area contributed by atoms with Crippen LogP contribution in [0.2, 0.25) is 0 Å². The number of nitrogens with one attached hydrogen (secondary N) is 1. The largest absolute Gasteiger partial charge is 0.374 e. The number of carbonyl (C=O) groups is 3. The van der Waals surface area contributed by atoms with Gasteiger partial charge in [-0.1, -0.05) is 36.4 Å². The van der Waals surface area contributed by atoms with E-state index < -0.39 is 28.9 Å². The normalized spacial score (nSPS) is 22.4. The lowest BCUT2D eigenvalue weighted by molar-refractivity contribution is -0.144. The van der Waals surface area contributed by atoms with E-state index in [1.54, 1.807) is 44.1 Å². The van der Waals surface area contributed by atoms with E-state index >= 15 is 0 Å². The molecule has 3 atom stereocenters. The first-order valence-corrected chi connectivity index (χ1v) is 12.4. The summed E-state index contributed by atoms with van der Waals surface area (Å²) in [6, 6.07) is 13.4. The van der Waals surface area contributed by atoms with Gasteiger partial charge in [0.2, 0.25) is 11.8 Å². The molecule has 1 saturated heterocycles.